The van der Waals surface area contributed by atoms with Crippen molar-refractivity contribution in [3.8, 4) is 0 Å². The summed E-state index contributed by atoms with van der Waals surface area (Å²) >= 11 is 0. The Morgan fingerprint density at radius 2 is 2.00 bits per heavy atom. The van der Waals surface area contributed by atoms with Gasteiger partial charge in [-0.2, -0.15) is 0 Å². The second-order valence-electron chi connectivity index (χ2n) is 4.50. The molecular weight excluding hydrogens is 256 g/mol. The van der Waals surface area contributed by atoms with Crippen LogP contribution in [0.4, 0.5) is 0 Å². The molecule has 0 aromatic heterocycles. The Morgan fingerprint density at radius 3 is 2.53 bits per heavy atom. The molecule has 1 heterocycles. The van der Waals surface area contributed by atoms with Crippen LogP contribution in [0.1, 0.15) is 26.7 Å². The van der Waals surface area contributed by atoms with Crippen molar-refractivity contribution >= 4 is 5.97 Å². The van der Waals surface area contributed by atoms with Crippen LogP contribution in [0.15, 0.2) is 0 Å². The van der Waals surface area contributed by atoms with Gasteiger partial charge in [0.1, 0.15) is 18.3 Å². The first-order valence-corrected chi connectivity index (χ1v) is 6.42. The lowest BCUT2D eigenvalue weighted by atomic mass is 9.99. The maximum Gasteiger partial charge on any atom is 0.303 e. The molecule has 0 amide bonds. The number of unbranched alkanes of at least 4 members (excludes halogenated alkanes) is 1. The highest BCUT2D eigenvalue weighted by molar-refractivity contribution is 5.66. The molecule has 1 aliphatic heterocycles. The smallest absolute Gasteiger partial charge is 0.303 e. The molecule has 0 bridgehead atoms. The SMILES string of the molecule is CCCCO[C@@H]1[C@H](O)[C@@H](CO)OC(O)[C@H]1OC(C)=O. The molecule has 7 heteroatoms. The van der Waals surface area contributed by atoms with Crippen molar-refractivity contribution in [2.24, 2.45) is 0 Å². The number of rotatable bonds is 6. The van der Waals surface area contributed by atoms with Gasteiger partial charge in [0.2, 0.25) is 0 Å². The molecule has 1 rings (SSSR count). The van der Waals surface area contributed by atoms with Crippen molar-refractivity contribution in [3.63, 3.8) is 0 Å². The minimum absolute atomic E-state index is 0.362. The van der Waals surface area contributed by atoms with E-state index in [1.54, 1.807) is 0 Å². The molecule has 1 saturated heterocycles. The molecule has 0 aliphatic carbocycles. The van der Waals surface area contributed by atoms with Crippen molar-refractivity contribution in [2.75, 3.05) is 13.2 Å². The van der Waals surface area contributed by atoms with Crippen LogP contribution in [0.25, 0.3) is 0 Å². The first-order chi connectivity index (χ1) is 9.01. The second-order valence-corrected chi connectivity index (χ2v) is 4.50. The fourth-order valence-electron chi connectivity index (χ4n) is 1.93. The first-order valence-electron chi connectivity index (χ1n) is 6.42. The Labute approximate surface area is 112 Å². The second kappa shape index (κ2) is 7.76. The van der Waals surface area contributed by atoms with Crippen molar-refractivity contribution in [3.05, 3.63) is 0 Å². The third kappa shape index (κ3) is 4.39. The monoisotopic (exact) mass is 278 g/mol. The van der Waals surface area contributed by atoms with E-state index in [1.807, 2.05) is 6.92 Å². The standard InChI is InChI=1S/C12H22O7/c1-3-4-5-17-10-9(15)8(6-13)19-12(16)11(10)18-7(2)14/h8-13,15-16H,3-6H2,1-2H3/t8-,9-,10-,11+,12?/m1/s1. The number of hydrogen-bond donors (Lipinski definition) is 3. The van der Waals surface area contributed by atoms with Crippen LogP contribution >= 0.6 is 0 Å². The summed E-state index contributed by atoms with van der Waals surface area (Å²) in [6.45, 7) is 3.08. The summed E-state index contributed by atoms with van der Waals surface area (Å²) in [6.07, 6.45) is -3.91. The lowest BCUT2D eigenvalue weighted by Crippen LogP contribution is -2.60. The molecule has 0 saturated carbocycles. The van der Waals surface area contributed by atoms with Gasteiger partial charge in [-0.3, -0.25) is 4.79 Å². The van der Waals surface area contributed by atoms with Gasteiger partial charge >= 0.3 is 5.97 Å². The van der Waals surface area contributed by atoms with Crippen LogP contribution in [0.3, 0.4) is 0 Å². The highest BCUT2D eigenvalue weighted by Gasteiger charge is 2.47. The van der Waals surface area contributed by atoms with Gasteiger partial charge in [0.05, 0.1) is 6.61 Å². The van der Waals surface area contributed by atoms with Gasteiger partial charge < -0.3 is 29.5 Å². The van der Waals surface area contributed by atoms with E-state index in [2.05, 4.69) is 0 Å². The highest BCUT2D eigenvalue weighted by atomic mass is 16.7. The topological polar surface area (TPSA) is 105 Å². The van der Waals surface area contributed by atoms with E-state index in [0.29, 0.717) is 6.61 Å². The summed E-state index contributed by atoms with van der Waals surface area (Å²) in [5.74, 6) is -0.605. The molecule has 1 unspecified atom stereocenters. The fourth-order valence-corrected chi connectivity index (χ4v) is 1.93. The molecule has 5 atom stereocenters. The van der Waals surface area contributed by atoms with Gasteiger partial charge in [0, 0.05) is 13.5 Å². The van der Waals surface area contributed by atoms with Gasteiger partial charge in [-0.05, 0) is 6.42 Å². The van der Waals surface area contributed by atoms with Gasteiger partial charge in [0.15, 0.2) is 12.4 Å². The van der Waals surface area contributed by atoms with Crippen molar-refractivity contribution < 1.29 is 34.3 Å². The van der Waals surface area contributed by atoms with Gasteiger partial charge in [-0.25, -0.2) is 0 Å². The van der Waals surface area contributed by atoms with E-state index in [9.17, 15) is 15.0 Å². The highest BCUT2D eigenvalue weighted by Crippen LogP contribution is 2.25. The molecule has 0 aromatic rings. The third-order valence-corrected chi connectivity index (χ3v) is 2.93. The van der Waals surface area contributed by atoms with E-state index < -0.39 is 43.3 Å². The summed E-state index contributed by atoms with van der Waals surface area (Å²) in [7, 11) is 0. The van der Waals surface area contributed by atoms with Crippen LogP contribution in [-0.4, -0.2) is 65.2 Å². The molecule has 0 radical (unpaired) electrons. The third-order valence-electron chi connectivity index (χ3n) is 2.93. The number of aliphatic hydroxyl groups is 3. The summed E-state index contributed by atoms with van der Waals surface area (Å²) in [4.78, 5) is 11.0. The molecule has 19 heavy (non-hydrogen) atoms. The fraction of sp³-hybridized carbons (Fsp3) is 0.917. The van der Waals surface area contributed by atoms with Gasteiger partial charge in [0.25, 0.3) is 0 Å². The van der Waals surface area contributed by atoms with Crippen molar-refractivity contribution in [1.29, 1.82) is 0 Å². The average Bonchev–Trinajstić information content (AvgIpc) is 2.36. The number of aliphatic hydroxyl groups excluding tert-OH is 3. The van der Waals surface area contributed by atoms with E-state index in [0.717, 1.165) is 12.8 Å². The number of esters is 1. The van der Waals surface area contributed by atoms with E-state index in [4.69, 9.17) is 19.3 Å². The maximum absolute atomic E-state index is 11.0. The van der Waals surface area contributed by atoms with Gasteiger partial charge in [-0.1, -0.05) is 13.3 Å². The van der Waals surface area contributed by atoms with Crippen molar-refractivity contribution in [1.82, 2.24) is 0 Å². The molecule has 0 aromatic carbocycles. The summed E-state index contributed by atoms with van der Waals surface area (Å²) in [6, 6.07) is 0. The van der Waals surface area contributed by atoms with Gasteiger partial charge in [-0.15, -0.1) is 0 Å². The maximum atomic E-state index is 11.0. The van der Waals surface area contributed by atoms with Crippen molar-refractivity contribution in [2.45, 2.75) is 57.4 Å². The van der Waals surface area contributed by atoms with Crippen LogP contribution < -0.4 is 0 Å². The lowest BCUT2D eigenvalue weighted by Gasteiger charge is -2.41. The van der Waals surface area contributed by atoms with E-state index in [1.165, 1.54) is 6.92 Å². The molecule has 112 valence electrons. The van der Waals surface area contributed by atoms with E-state index in [-0.39, 0.29) is 0 Å². The Hall–Kier alpha value is -0.730. The molecular formula is C12H22O7. The predicted molar refractivity (Wildman–Crippen MR) is 64.2 cm³/mol. The predicted octanol–water partition coefficient (Wildman–Crippen LogP) is -0.826. The average molecular weight is 278 g/mol. The number of carbonyl (C=O) groups is 1. The van der Waals surface area contributed by atoms with Crippen LogP contribution in [0.2, 0.25) is 0 Å². The molecule has 1 aliphatic rings. The quantitative estimate of drug-likeness (QED) is 0.430. The lowest BCUT2D eigenvalue weighted by molar-refractivity contribution is -0.297. The number of carbonyl (C=O) groups excluding carboxylic acids is 1. The van der Waals surface area contributed by atoms with Crippen LogP contribution in [0, 0.1) is 0 Å². The van der Waals surface area contributed by atoms with E-state index >= 15 is 0 Å². The minimum Gasteiger partial charge on any atom is -0.454 e. The largest absolute Gasteiger partial charge is 0.454 e. The molecule has 0 spiro atoms. The van der Waals surface area contributed by atoms with Crippen LogP contribution in [-0.2, 0) is 19.0 Å². The zero-order valence-electron chi connectivity index (χ0n) is 11.2. The number of ether oxygens (including phenoxy) is 3. The summed E-state index contributed by atoms with van der Waals surface area (Å²) < 4.78 is 15.4. The molecule has 3 N–H and O–H groups in total. The first kappa shape index (κ1) is 16.3. The summed E-state index contributed by atoms with van der Waals surface area (Å²) in [5, 5.41) is 28.9. The zero-order chi connectivity index (χ0) is 14.4. The molecule has 7 nitrogen and oxygen atoms in total. The zero-order valence-corrected chi connectivity index (χ0v) is 11.2. The number of hydrogen-bond acceptors (Lipinski definition) is 7. The normalized spacial score (nSPS) is 35.1. The summed E-state index contributed by atoms with van der Waals surface area (Å²) in [5.41, 5.74) is 0. The minimum atomic E-state index is -1.43. The Balaban J connectivity index is 2.74. The Bertz CT molecular complexity index is 283. The van der Waals surface area contributed by atoms with Crippen LogP contribution in [0.5, 0.6) is 0 Å². The molecule has 1 fully saturated rings. The Kier molecular flexibility index (Phi) is 6.67. The Morgan fingerprint density at radius 1 is 1.32 bits per heavy atom.